The summed E-state index contributed by atoms with van der Waals surface area (Å²) in [5.41, 5.74) is 0.331. The number of fused-ring (bicyclic) bond motifs is 2. The molecule has 3 heterocycles. The molecule has 0 fully saturated rings. The molecule has 0 radical (unpaired) electrons. The van der Waals surface area contributed by atoms with Gasteiger partial charge in [0.25, 0.3) is 11.2 Å². The van der Waals surface area contributed by atoms with Gasteiger partial charge in [-0.1, -0.05) is 29.5 Å². The molecule has 228 valence electrons. The van der Waals surface area contributed by atoms with Crippen molar-refractivity contribution in [2.45, 2.75) is 19.9 Å². The topological polar surface area (TPSA) is 175 Å². The lowest BCUT2D eigenvalue weighted by Gasteiger charge is -2.24. The standard InChI is InChI=1S/C30H22N4O10S/c1-3-41-29(36)26-16(2)31-30-32(27(26)18-7-9-23-24(13-18)43-15-42-23)28(35)25(45-30)12-17-5-4-6-20(11-17)44-22-10-8-19(33(37)38)14-21(22)34(39)40/h4-14,27H,3,15H2,1-2H3/b25-12-/t27-/m0/s1. The van der Waals surface area contributed by atoms with Crippen LogP contribution in [0.4, 0.5) is 11.4 Å². The fraction of sp³-hybridized carbons (Fsp3) is 0.167. The van der Waals surface area contributed by atoms with E-state index < -0.39 is 38.8 Å². The quantitative estimate of drug-likeness (QED) is 0.156. The first kappa shape index (κ1) is 29.3. The molecule has 14 nitrogen and oxygen atoms in total. The summed E-state index contributed by atoms with van der Waals surface area (Å²) in [6, 6.07) is 13.9. The average molecular weight is 631 g/mol. The Labute approximate surface area is 257 Å². The second kappa shape index (κ2) is 11.7. The van der Waals surface area contributed by atoms with Gasteiger partial charge in [-0.2, -0.15) is 0 Å². The van der Waals surface area contributed by atoms with E-state index in [0.717, 1.165) is 29.5 Å². The van der Waals surface area contributed by atoms with Crippen LogP contribution >= 0.6 is 11.3 Å². The third-order valence-electron chi connectivity index (χ3n) is 6.96. The molecule has 6 rings (SSSR count). The van der Waals surface area contributed by atoms with Crippen LogP contribution in [0.15, 0.2) is 81.7 Å². The summed E-state index contributed by atoms with van der Waals surface area (Å²) in [7, 11) is 0. The number of thiazole rings is 1. The van der Waals surface area contributed by atoms with Crippen LogP contribution < -0.4 is 29.1 Å². The highest BCUT2D eigenvalue weighted by atomic mass is 32.1. The summed E-state index contributed by atoms with van der Waals surface area (Å²) < 4.78 is 23.8. The maximum absolute atomic E-state index is 13.9. The fourth-order valence-corrected chi connectivity index (χ4v) is 6.03. The van der Waals surface area contributed by atoms with Crippen molar-refractivity contribution in [1.29, 1.82) is 0 Å². The Morgan fingerprint density at radius 3 is 2.64 bits per heavy atom. The van der Waals surface area contributed by atoms with Gasteiger partial charge in [0.2, 0.25) is 12.5 Å². The molecule has 15 heteroatoms. The van der Waals surface area contributed by atoms with Gasteiger partial charge >= 0.3 is 11.7 Å². The predicted molar refractivity (Wildman–Crippen MR) is 159 cm³/mol. The van der Waals surface area contributed by atoms with E-state index in [4.69, 9.17) is 18.9 Å². The summed E-state index contributed by atoms with van der Waals surface area (Å²) in [6.07, 6.45) is 1.61. The summed E-state index contributed by atoms with van der Waals surface area (Å²) >= 11 is 1.12. The zero-order chi connectivity index (χ0) is 31.8. The molecule has 0 N–H and O–H groups in total. The minimum Gasteiger partial charge on any atom is -0.463 e. The number of nitrogens with zero attached hydrogens (tertiary/aromatic N) is 4. The zero-order valence-electron chi connectivity index (χ0n) is 23.6. The van der Waals surface area contributed by atoms with Crippen molar-refractivity contribution in [2.75, 3.05) is 13.4 Å². The molecule has 0 aliphatic carbocycles. The zero-order valence-corrected chi connectivity index (χ0v) is 24.4. The molecule has 1 atom stereocenters. The van der Waals surface area contributed by atoms with Crippen LogP contribution in [0.1, 0.15) is 31.0 Å². The summed E-state index contributed by atoms with van der Waals surface area (Å²) in [5.74, 6) is 0.448. The molecular weight excluding hydrogens is 608 g/mol. The van der Waals surface area contributed by atoms with E-state index in [2.05, 4.69) is 4.99 Å². The van der Waals surface area contributed by atoms with Crippen molar-refractivity contribution in [2.24, 2.45) is 4.99 Å². The Kier molecular flexibility index (Phi) is 7.60. The monoisotopic (exact) mass is 630 g/mol. The molecule has 3 aromatic carbocycles. The average Bonchev–Trinajstić information content (AvgIpc) is 3.60. The van der Waals surface area contributed by atoms with Crippen LogP contribution in [0.3, 0.4) is 0 Å². The number of carbonyl (C=O) groups excluding carboxylic acids is 1. The second-order valence-electron chi connectivity index (χ2n) is 9.76. The maximum atomic E-state index is 13.9. The fourth-order valence-electron chi connectivity index (χ4n) is 4.98. The molecule has 0 amide bonds. The SMILES string of the molecule is CCOC(=O)C1=C(C)N=c2s/c(=C\c3cccc(Oc4ccc([N+](=O)[O-])cc4[N+](=O)[O-])c3)c(=O)n2[C@H]1c1ccc2c(c1)OCO2. The van der Waals surface area contributed by atoms with Crippen molar-refractivity contribution in [3.8, 4) is 23.0 Å². The molecule has 0 unspecified atom stereocenters. The third-order valence-corrected chi connectivity index (χ3v) is 7.95. The van der Waals surface area contributed by atoms with Gasteiger partial charge in [0.05, 0.1) is 44.4 Å². The normalized spacial score (nSPS) is 15.3. The summed E-state index contributed by atoms with van der Waals surface area (Å²) in [5, 5.41) is 22.6. The number of benzene rings is 3. The molecule has 0 saturated carbocycles. The number of nitro groups is 2. The number of ether oxygens (including phenoxy) is 4. The number of carbonyl (C=O) groups is 1. The van der Waals surface area contributed by atoms with Crippen LogP contribution in [-0.4, -0.2) is 33.8 Å². The lowest BCUT2D eigenvalue weighted by atomic mass is 9.95. The van der Waals surface area contributed by atoms with E-state index in [1.165, 1.54) is 4.57 Å². The number of allylic oxidation sites excluding steroid dienone is 1. The van der Waals surface area contributed by atoms with Crippen LogP contribution in [0, 0.1) is 20.2 Å². The van der Waals surface area contributed by atoms with Gasteiger partial charge in [0.15, 0.2) is 16.3 Å². The van der Waals surface area contributed by atoms with Crippen molar-refractivity contribution < 1.29 is 33.6 Å². The number of nitro benzene ring substituents is 2. The van der Waals surface area contributed by atoms with Crippen LogP contribution in [0.25, 0.3) is 6.08 Å². The van der Waals surface area contributed by atoms with Gasteiger partial charge < -0.3 is 18.9 Å². The number of esters is 1. The molecule has 2 aliphatic heterocycles. The first-order valence-corrected chi connectivity index (χ1v) is 14.3. The number of non-ortho nitro benzene ring substituents is 1. The number of aromatic nitrogens is 1. The minimum atomic E-state index is -0.852. The maximum Gasteiger partial charge on any atom is 0.338 e. The van der Waals surface area contributed by atoms with Gasteiger partial charge in [-0.3, -0.25) is 29.6 Å². The molecule has 2 aliphatic rings. The van der Waals surface area contributed by atoms with Gasteiger partial charge in [0.1, 0.15) is 5.75 Å². The second-order valence-corrected chi connectivity index (χ2v) is 10.8. The molecular formula is C30H22N4O10S. The summed E-state index contributed by atoms with van der Waals surface area (Å²) in [4.78, 5) is 53.1. The minimum absolute atomic E-state index is 0.0570. The number of hydrogen-bond donors (Lipinski definition) is 0. The van der Waals surface area contributed by atoms with Crippen molar-refractivity contribution in [3.05, 3.63) is 123 Å². The van der Waals surface area contributed by atoms with E-state index in [9.17, 15) is 29.8 Å². The lowest BCUT2D eigenvalue weighted by Crippen LogP contribution is -2.39. The highest BCUT2D eigenvalue weighted by Gasteiger charge is 2.34. The van der Waals surface area contributed by atoms with Gasteiger partial charge in [-0.25, -0.2) is 9.79 Å². The first-order chi connectivity index (χ1) is 21.6. The van der Waals surface area contributed by atoms with Crippen molar-refractivity contribution in [3.63, 3.8) is 0 Å². The molecule has 0 saturated heterocycles. The predicted octanol–water partition coefficient (Wildman–Crippen LogP) is 4.14. The number of rotatable bonds is 8. The van der Waals surface area contributed by atoms with Crippen molar-refractivity contribution >= 4 is 34.8 Å². The molecule has 4 aromatic rings. The van der Waals surface area contributed by atoms with E-state index in [1.54, 1.807) is 62.4 Å². The van der Waals surface area contributed by atoms with Crippen LogP contribution in [-0.2, 0) is 9.53 Å². The summed E-state index contributed by atoms with van der Waals surface area (Å²) in [6.45, 7) is 3.56. The Morgan fingerprint density at radius 2 is 1.89 bits per heavy atom. The van der Waals surface area contributed by atoms with E-state index in [0.29, 0.717) is 37.7 Å². The van der Waals surface area contributed by atoms with Crippen LogP contribution in [0.2, 0.25) is 0 Å². The van der Waals surface area contributed by atoms with E-state index in [1.807, 2.05) is 0 Å². The largest absolute Gasteiger partial charge is 0.463 e. The van der Waals surface area contributed by atoms with E-state index >= 15 is 0 Å². The smallest absolute Gasteiger partial charge is 0.338 e. The lowest BCUT2D eigenvalue weighted by molar-refractivity contribution is -0.394. The Hall–Kier alpha value is -5.83. The molecule has 1 aromatic heterocycles. The van der Waals surface area contributed by atoms with Crippen molar-refractivity contribution in [1.82, 2.24) is 4.57 Å². The van der Waals surface area contributed by atoms with Gasteiger partial charge in [-0.05, 0) is 61.4 Å². The van der Waals surface area contributed by atoms with Gasteiger partial charge in [0, 0.05) is 6.07 Å². The Morgan fingerprint density at radius 1 is 1.09 bits per heavy atom. The Bertz CT molecular complexity index is 2120. The molecule has 45 heavy (non-hydrogen) atoms. The molecule has 0 bridgehead atoms. The van der Waals surface area contributed by atoms with Crippen LogP contribution in [0.5, 0.6) is 23.0 Å². The highest BCUT2D eigenvalue weighted by Crippen LogP contribution is 2.38. The Balaban J connectivity index is 1.41. The first-order valence-electron chi connectivity index (χ1n) is 13.4. The third kappa shape index (κ3) is 5.51. The number of hydrogen-bond acceptors (Lipinski definition) is 12. The van der Waals surface area contributed by atoms with Gasteiger partial charge in [-0.15, -0.1) is 0 Å². The molecule has 0 spiro atoms. The van der Waals surface area contributed by atoms with E-state index in [-0.39, 0.29) is 30.5 Å². The highest BCUT2D eigenvalue weighted by molar-refractivity contribution is 7.07.